The predicted octanol–water partition coefficient (Wildman–Crippen LogP) is 2.81. The van der Waals surface area contributed by atoms with Gasteiger partial charge in [-0.25, -0.2) is 9.78 Å². The van der Waals surface area contributed by atoms with E-state index in [0.29, 0.717) is 24.5 Å². The zero-order valence-electron chi connectivity index (χ0n) is 35.5. The Balaban J connectivity index is 1.78. The second kappa shape index (κ2) is 22.2. The Bertz CT molecular complexity index is 1650. The standard InChI is InChI=1S/C42H66N8O8/c1-10-26(6)37(40(56)46-30-20-35(52)45-29(30)16-24(2)3)50-36(53)21-34(51)31(17-25(4)5)47-39(55)33(19-28-22-43-23-44-28)48-38(54)32(18-27-14-12-11-13-15-27)49-41(57)58-42(7,8)9/h11-15,22-26,29-34,37,51H,10,16-21H2,1-9H3,(H,43,44)(H,45,52)(H,46,56)(H,47,55)(H,48,54)(H,49,57)(H,50,53)/t26-,29-,30-,31-,32-,33-,34-,37-/m0/s1. The van der Waals surface area contributed by atoms with E-state index in [1.165, 1.54) is 12.5 Å². The minimum absolute atomic E-state index is 0.00111. The van der Waals surface area contributed by atoms with Gasteiger partial charge in [0, 0.05) is 37.2 Å². The molecule has 3 rings (SSSR count). The Morgan fingerprint density at radius 2 is 1.55 bits per heavy atom. The highest BCUT2D eigenvalue weighted by Crippen LogP contribution is 2.19. The molecule has 16 nitrogen and oxygen atoms in total. The van der Waals surface area contributed by atoms with Crippen molar-refractivity contribution in [3.05, 3.63) is 54.1 Å². The fraction of sp³-hybridized carbons (Fsp3) is 0.643. The number of hydrogen-bond donors (Lipinski definition) is 8. The van der Waals surface area contributed by atoms with Crippen LogP contribution in [0.2, 0.25) is 0 Å². The predicted molar refractivity (Wildman–Crippen MR) is 219 cm³/mol. The molecular weight excluding hydrogens is 745 g/mol. The van der Waals surface area contributed by atoms with Crippen LogP contribution in [0.3, 0.4) is 0 Å². The molecule has 1 aromatic heterocycles. The third-order valence-corrected chi connectivity index (χ3v) is 9.92. The Morgan fingerprint density at radius 3 is 2.14 bits per heavy atom. The van der Waals surface area contributed by atoms with E-state index in [1.807, 2.05) is 71.9 Å². The molecule has 0 unspecified atom stereocenters. The molecule has 1 fully saturated rings. The van der Waals surface area contributed by atoms with Gasteiger partial charge in [0.05, 0.1) is 30.9 Å². The van der Waals surface area contributed by atoms with Crippen molar-refractivity contribution >= 4 is 35.6 Å². The Kier molecular flexibility index (Phi) is 18.2. The zero-order chi connectivity index (χ0) is 43.2. The molecule has 0 spiro atoms. The molecule has 58 heavy (non-hydrogen) atoms. The summed E-state index contributed by atoms with van der Waals surface area (Å²) in [5, 5.41) is 28.5. The van der Waals surface area contributed by atoms with Crippen LogP contribution in [0.15, 0.2) is 42.9 Å². The number of aromatic amines is 1. The molecule has 2 aromatic rings. The molecule has 322 valence electrons. The molecule has 0 radical (unpaired) electrons. The van der Waals surface area contributed by atoms with Gasteiger partial charge in [-0.15, -0.1) is 0 Å². The van der Waals surface area contributed by atoms with Gasteiger partial charge < -0.3 is 46.7 Å². The Labute approximate surface area is 342 Å². The number of carbonyl (C=O) groups is 6. The van der Waals surface area contributed by atoms with Crippen LogP contribution in [0.4, 0.5) is 4.79 Å². The van der Waals surface area contributed by atoms with Gasteiger partial charge in [0.1, 0.15) is 23.7 Å². The lowest BCUT2D eigenvalue weighted by Gasteiger charge is -2.30. The number of hydrogen-bond acceptors (Lipinski definition) is 9. The van der Waals surface area contributed by atoms with Crippen LogP contribution in [-0.2, 0) is 41.6 Å². The summed E-state index contributed by atoms with van der Waals surface area (Å²) in [5.41, 5.74) is 0.487. The van der Waals surface area contributed by atoms with Gasteiger partial charge in [-0.1, -0.05) is 78.3 Å². The van der Waals surface area contributed by atoms with E-state index in [0.717, 1.165) is 5.56 Å². The van der Waals surface area contributed by atoms with Crippen molar-refractivity contribution in [2.45, 2.75) is 155 Å². The molecule has 1 aliphatic heterocycles. The summed E-state index contributed by atoms with van der Waals surface area (Å²) in [5.74, 6) is -2.40. The summed E-state index contributed by atoms with van der Waals surface area (Å²) >= 11 is 0. The maximum atomic E-state index is 14.1. The molecule has 2 heterocycles. The van der Waals surface area contributed by atoms with E-state index < -0.39 is 78.1 Å². The number of rotatable bonds is 21. The monoisotopic (exact) mass is 811 g/mol. The first-order valence-corrected chi connectivity index (χ1v) is 20.4. The minimum Gasteiger partial charge on any atom is -0.444 e. The first-order chi connectivity index (χ1) is 27.2. The average Bonchev–Trinajstić information content (AvgIpc) is 3.76. The number of H-pyrrole nitrogens is 1. The van der Waals surface area contributed by atoms with Gasteiger partial charge in [0.25, 0.3) is 0 Å². The lowest BCUT2D eigenvalue weighted by molar-refractivity contribution is -0.133. The zero-order valence-corrected chi connectivity index (χ0v) is 35.5. The topological polar surface area (TPSA) is 233 Å². The molecule has 0 saturated carbocycles. The van der Waals surface area contributed by atoms with E-state index in [2.05, 4.69) is 41.9 Å². The highest BCUT2D eigenvalue weighted by Gasteiger charge is 2.37. The Hall–Kier alpha value is -4.99. The summed E-state index contributed by atoms with van der Waals surface area (Å²) in [7, 11) is 0. The summed E-state index contributed by atoms with van der Waals surface area (Å²) in [6, 6.07) is 4.32. The summed E-state index contributed by atoms with van der Waals surface area (Å²) in [6.07, 6.45) is 2.19. The average molecular weight is 811 g/mol. The maximum Gasteiger partial charge on any atom is 0.408 e. The van der Waals surface area contributed by atoms with Gasteiger partial charge in [-0.2, -0.15) is 0 Å². The SMILES string of the molecule is CC[C@H](C)[C@H](NC(=O)C[C@H](O)[C@H](CC(C)C)NC(=O)[C@H](Cc1cnc[nH]1)NC(=O)[C@H](Cc1ccccc1)NC(=O)OC(C)(C)C)C(=O)N[C@H]1CC(=O)N[C@H]1CC(C)C. The molecule has 8 atom stereocenters. The van der Waals surface area contributed by atoms with E-state index >= 15 is 0 Å². The van der Waals surface area contributed by atoms with Crippen molar-refractivity contribution in [3.63, 3.8) is 0 Å². The van der Waals surface area contributed by atoms with E-state index in [-0.39, 0.29) is 49.5 Å². The number of nitrogens with zero attached hydrogens (tertiary/aromatic N) is 1. The van der Waals surface area contributed by atoms with Crippen LogP contribution in [0.1, 0.15) is 106 Å². The van der Waals surface area contributed by atoms with E-state index in [1.54, 1.807) is 20.8 Å². The second-order valence-electron chi connectivity index (χ2n) is 17.3. The molecule has 6 amide bonds. The number of carbonyl (C=O) groups excluding carboxylic acids is 6. The number of ether oxygens (including phenoxy) is 1. The van der Waals surface area contributed by atoms with Gasteiger partial charge in [0.15, 0.2) is 0 Å². The van der Waals surface area contributed by atoms with Crippen molar-refractivity contribution in [1.29, 1.82) is 0 Å². The lowest BCUT2D eigenvalue weighted by Crippen LogP contribution is -2.58. The molecule has 0 bridgehead atoms. The van der Waals surface area contributed by atoms with Crippen molar-refractivity contribution in [2.75, 3.05) is 0 Å². The molecule has 1 aliphatic rings. The smallest absolute Gasteiger partial charge is 0.408 e. The van der Waals surface area contributed by atoms with Crippen molar-refractivity contribution in [1.82, 2.24) is 41.9 Å². The summed E-state index contributed by atoms with van der Waals surface area (Å²) in [4.78, 5) is 87.2. The molecular formula is C42H66N8O8. The normalized spacial score (nSPS) is 18.6. The molecule has 8 N–H and O–H groups in total. The van der Waals surface area contributed by atoms with Gasteiger partial charge in [-0.3, -0.25) is 24.0 Å². The number of amides is 6. The largest absolute Gasteiger partial charge is 0.444 e. The van der Waals surface area contributed by atoms with Gasteiger partial charge in [0.2, 0.25) is 29.5 Å². The number of alkyl carbamates (subject to hydrolysis) is 1. The van der Waals surface area contributed by atoms with Crippen LogP contribution in [-0.4, -0.2) is 98.7 Å². The lowest BCUT2D eigenvalue weighted by atomic mass is 9.94. The van der Waals surface area contributed by atoms with Gasteiger partial charge >= 0.3 is 6.09 Å². The fourth-order valence-electron chi connectivity index (χ4n) is 6.84. The first-order valence-electron chi connectivity index (χ1n) is 20.4. The van der Waals surface area contributed by atoms with Crippen molar-refractivity contribution in [3.8, 4) is 0 Å². The Morgan fingerprint density at radius 1 is 0.897 bits per heavy atom. The summed E-state index contributed by atoms with van der Waals surface area (Å²) in [6.45, 7) is 16.8. The third-order valence-electron chi connectivity index (χ3n) is 9.92. The van der Waals surface area contributed by atoms with Crippen molar-refractivity contribution < 1.29 is 38.6 Å². The van der Waals surface area contributed by atoms with Crippen LogP contribution in [0.5, 0.6) is 0 Å². The number of benzene rings is 1. The van der Waals surface area contributed by atoms with E-state index in [4.69, 9.17) is 4.74 Å². The van der Waals surface area contributed by atoms with Crippen LogP contribution >= 0.6 is 0 Å². The minimum atomic E-state index is -1.36. The second-order valence-corrected chi connectivity index (χ2v) is 17.3. The number of aliphatic hydroxyl groups excluding tert-OH is 1. The third kappa shape index (κ3) is 16.1. The van der Waals surface area contributed by atoms with Gasteiger partial charge in [-0.05, 0) is 56.9 Å². The van der Waals surface area contributed by atoms with Crippen LogP contribution < -0.4 is 31.9 Å². The molecule has 1 saturated heterocycles. The molecule has 1 aromatic carbocycles. The quantitative estimate of drug-likeness (QED) is 0.0925. The first kappa shape index (κ1) is 47.4. The molecule has 16 heteroatoms. The van der Waals surface area contributed by atoms with Crippen LogP contribution in [0.25, 0.3) is 0 Å². The summed E-state index contributed by atoms with van der Waals surface area (Å²) < 4.78 is 5.43. The molecule has 0 aliphatic carbocycles. The number of aliphatic hydroxyl groups is 1. The maximum absolute atomic E-state index is 14.1. The fourth-order valence-corrected chi connectivity index (χ4v) is 6.84. The highest BCUT2D eigenvalue weighted by molar-refractivity contribution is 5.92. The highest BCUT2D eigenvalue weighted by atomic mass is 16.6. The number of aromatic nitrogens is 2. The van der Waals surface area contributed by atoms with Crippen molar-refractivity contribution in [2.24, 2.45) is 17.8 Å². The number of imidazole rings is 1. The van der Waals surface area contributed by atoms with Crippen LogP contribution in [0, 0.1) is 17.8 Å². The van der Waals surface area contributed by atoms with E-state index in [9.17, 15) is 33.9 Å². The number of nitrogens with one attached hydrogen (secondary N) is 7.